The lowest BCUT2D eigenvalue weighted by Gasteiger charge is -2.08. The minimum atomic E-state index is -0.418. The van der Waals surface area contributed by atoms with Crippen molar-refractivity contribution in [3.63, 3.8) is 0 Å². The Bertz CT molecular complexity index is 578. The number of rotatable bonds is 7. The van der Waals surface area contributed by atoms with Gasteiger partial charge in [0, 0.05) is 12.1 Å². The second-order valence-electron chi connectivity index (χ2n) is 4.80. The molecule has 0 saturated carbocycles. The van der Waals surface area contributed by atoms with Crippen LogP contribution in [0.4, 0.5) is 0 Å². The number of nitrogens with zero attached hydrogens (tertiary/aromatic N) is 3. The number of ether oxygens (including phenoxy) is 1. The fourth-order valence-corrected chi connectivity index (χ4v) is 2.20. The van der Waals surface area contributed by atoms with Gasteiger partial charge < -0.3 is 4.74 Å². The molecule has 2 aromatic rings. The first-order valence-electron chi connectivity index (χ1n) is 7.44. The van der Waals surface area contributed by atoms with Crippen molar-refractivity contribution in [1.82, 2.24) is 15.0 Å². The van der Waals surface area contributed by atoms with Crippen LogP contribution in [-0.2, 0) is 11.3 Å². The van der Waals surface area contributed by atoms with E-state index in [0.717, 1.165) is 37.1 Å². The number of esters is 1. The van der Waals surface area contributed by atoms with Crippen LogP contribution in [0, 0.1) is 0 Å². The Morgan fingerprint density at radius 1 is 1.19 bits per heavy atom. The highest BCUT2D eigenvalue weighted by Gasteiger charge is 2.21. The molecule has 1 aromatic heterocycles. The van der Waals surface area contributed by atoms with Crippen LogP contribution < -0.4 is 0 Å². The number of hydrogen-bond acceptors (Lipinski definition) is 4. The van der Waals surface area contributed by atoms with E-state index >= 15 is 0 Å². The molecule has 0 spiro atoms. The summed E-state index contributed by atoms with van der Waals surface area (Å²) in [5.74, 6) is -0.418. The molecule has 0 radical (unpaired) electrons. The lowest BCUT2D eigenvalue weighted by atomic mass is 10.1. The van der Waals surface area contributed by atoms with Gasteiger partial charge in [-0.25, -0.2) is 9.48 Å². The summed E-state index contributed by atoms with van der Waals surface area (Å²) in [5.41, 5.74) is 1.96. The van der Waals surface area contributed by atoms with Gasteiger partial charge in [0.25, 0.3) is 0 Å². The molecule has 0 unspecified atom stereocenters. The first-order valence-corrected chi connectivity index (χ1v) is 7.44. The topological polar surface area (TPSA) is 57.0 Å². The SMILES string of the molecule is CCCCCn1nnc(C(=O)OCC)c1-c1ccccc1. The zero-order chi connectivity index (χ0) is 15.1. The van der Waals surface area contributed by atoms with Crippen LogP contribution in [0.3, 0.4) is 0 Å². The number of hydrogen-bond donors (Lipinski definition) is 0. The quantitative estimate of drug-likeness (QED) is 0.579. The van der Waals surface area contributed by atoms with Crippen molar-refractivity contribution >= 4 is 5.97 Å². The van der Waals surface area contributed by atoms with E-state index in [-0.39, 0.29) is 0 Å². The van der Waals surface area contributed by atoms with Crippen molar-refractivity contribution in [1.29, 1.82) is 0 Å². The first-order chi connectivity index (χ1) is 10.3. The van der Waals surface area contributed by atoms with Crippen LogP contribution in [0.15, 0.2) is 30.3 Å². The van der Waals surface area contributed by atoms with Gasteiger partial charge in [0.2, 0.25) is 0 Å². The summed E-state index contributed by atoms with van der Waals surface area (Å²) in [5, 5.41) is 8.16. The molecule has 2 rings (SSSR count). The zero-order valence-corrected chi connectivity index (χ0v) is 12.6. The van der Waals surface area contributed by atoms with E-state index in [1.165, 1.54) is 0 Å². The zero-order valence-electron chi connectivity index (χ0n) is 12.6. The van der Waals surface area contributed by atoms with Gasteiger partial charge in [0.15, 0.2) is 5.69 Å². The van der Waals surface area contributed by atoms with Gasteiger partial charge in [-0.3, -0.25) is 0 Å². The van der Waals surface area contributed by atoms with E-state index in [2.05, 4.69) is 17.2 Å². The lowest BCUT2D eigenvalue weighted by molar-refractivity contribution is 0.0520. The molecule has 1 aromatic carbocycles. The molecule has 21 heavy (non-hydrogen) atoms. The summed E-state index contributed by atoms with van der Waals surface area (Å²) in [6.45, 7) is 5.02. The Kier molecular flexibility index (Phi) is 5.49. The number of carbonyl (C=O) groups excluding carboxylic acids is 1. The van der Waals surface area contributed by atoms with Gasteiger partial charge in [0.05, 0.1) is 6.61 Å². The van der Waals surface area contributed by atoms with Crippen molar-refractivity contribution < 1.29 is 9.53 Å². The maximum absolute atomic E-state index is 12.0. The molecule has 0 aliphatic rings. The van der Waals surface area contributed by atoms with Crippen LogP contribution in [-0.4, -0.2) is 27.6 Å². The van der Waals surface area contributed by atoms with Crippen LogP contribution in [0.5, 0.6) is 0 Å². The fourth-order valence-electron chi connectivity index (χ4n) is 2.20. The Morgan fingerprint density at radius 2 is 1.95 bits per heavy atom. The minimum Gasteiger partial charge on any atom is -0.461 e. The Hall–Kier alpha value is -2.17. The average Bonchev–Trinajstić information content (AvgIpc) is 2.93. The number of aryl methyl sites for hydroxylation is 1. The summed E-state index contributed by atoms with van der Waals surface area (Å²) < 4.78 is 6.88. The van der Waals surface area contributed by atoms with Crippen molar-refractivity contribution in [3.8, 4) is 11.3 Å². The summed E-state index contributed by atoms with van der Waals surface area (Å²) in [7, 11) is 0. The standard InChI is InChI=1S/C16H21N3O2/c1-3-5-9-12-19-15(13-10-7-6-8-11-13)14(17-18-19)16(20)21-4-2/h6-8,10-11H,3-5,9,12H2,1-2H3. The van der Waals surface area contributed by atoms with E-state index in [4.69, 9.17) is 4.74 Å². The second-order valence-corrected chi connectivity index (χ2v) is 4.80. The van der Waals surface area contributed by atoms with Gasteiger partial charge in [-0.1, -0.05) is 55.3 Å². The summed E-state index contributed by atoms with van der Waals surface area (Å²) in [6, 6.07) is 9.73. The molecule has 0 saturated heterocycles. The molecule has 5 heteroatoms. The van der Waals surface area contributed by atoms with E-state index in [9.17, 15) is 4.79 Å². The Labute approximate surface area is 124 Å². The predicted molar refractivity (Wildman–Crippen MR) is 80.9 cm³/mol. The average molecular weight is 287 g/mol. The van der Waals surface area contributed by atoms with Crippen molar-refractivity contribution in [3.05, 3.63) is 36.0 Å². The van der Waals surface area contributed by atoms with Gasteiger partial charge in [-0.2, -0.15) is 0 Å². The third-order valence-electron chi connectivity index (χ3n) is 3.22. The number of unbranched alkanes of at least 4 members (excludes halogenated alkanes) is 2. The fraction of sp³-hybridized carbons (Fsp3) is 0.438. The highest BCUT2D eigenvalue weighted by atomic mass is 16.5. The second kappa shape index (κ2) is 7.57. The molecular formula is C16H21N3O2. The smallest absolute Gasteiger partial charge is 0.361 e. The van der Waals surface area contributed by atoms with Gasteiger partial charge in [-0.15, -0.1) is 5.10 Å². The van der Waals surface area contributed by atoms with Gasteiger partial charge >= 0.3 is 5.97 Å². The molecule has 0 fully saturated rings. The van der Waals surface area contributed by atoms with E-state index in [0.29, 0.717) is 12.3 Å². The van der Waals surface area contributed by atoms with Crippen LogP contribution in [0.1, 0.15) is 43.6 Å². The number of aromatic nitrogens is 3. The van der Waals surface area contributed by atoms with Gasteiger partial charge in [0.1, 0.15) is 5.69 Å². The summed E-state index contributed by atoms with van der Waals surface area (Å²) in [6.07, 6.45) is 3.28. The Balaban J connectivity index is 2.35. The van der Waals surface area contributed by atoms with Crippen LogP contribution in [0.25, 0.3) is 11.3 Å². The predicted octanol–water partition coefficient (Wildman–Crippen LogP) is 3.31. The molecule has 0 atom stereocenters. The van der Waals surface area contributed by atoms with Crippen LogP contribution in [0.2, 0.25) is 0 Å². The third kappa shape index (κ3) is 3.68. The maximum atomic E-state index is 12.0. The van der Waals surface area contributed by atoms with E-state index < -0.39 is 5.97 Å². The summed E-state index contributed by atoms with van der Waals surface area (Å²) >= 11 is 0. The lowest BCUT2D eigenvalue weighted by Crippen LogP contribution is -2.08. The minimum absolute atomic E-state index is 0.291. The number of benzene rings is 1. The monoisotopic (exact) mass is 287 g/mol. The van der Waals surface area contributed by atoms with Crippen LogP contribution >= 0.6 is 0 Å². The first kappa shape index (κ1) is 15.2. The highest BCUT2D eigenvalue weighted by Crippen LogP contribution is 2.23. The summed E-state index contributed by atoms with van der Waals surface area (Å²) in [4.78, 5) is 12.0. The molecule has 0 aliphatic heterocycles. The van der Waals surface area contributed by atoms with E-state index in [1.807, 2.05) is 30.3 Å². The third-order valence-corrected chi connectivity index (χ3v) is 3.22. The Morgan fingerprint density at radius 3 is 2.62 bits per heavy atom. The molecule has 0 amide bonds. The molecular weight excluding hydrogens is 266 g/mol. The number of carbonyl (C=O) groups is 1. The molecule has 0 N–H and O–H groups in total. The van der Waals surface area contributed by atoms with Gasteiger partial charge in [-0.05, 0) is 13.3 Å². The highest BCUT2D eigenvalue weighted by molar-refractivity contribution is 5.94. The largest absolute Gasteiger partial charge is 0.461 e. The molecule has 5 nitrogen and oxygen atoms in total. The maximum Gasteiger partial charge on any atom is 0.361 e. The molecule has 0 bridgehead atoms. The van der Waals surface area contributed by atoms with Crippen molar-refractivity contribution in [2.75, 3.05) is 6.61 Å². The van der Waals surface area contributed by atoms with E-state index in [1.54, 1.807) is 11.6 Å². The molecule has 0 aliphatic carbocycles. The molecule has 1 heterocycles. The van der Waals surface area contributed by atoms with Crippen molar-refractivity contribution in [2.45, 2.75) is 39.7 Å². The van der Waals surface area contributed by atoms with Crippen molar-refractivity contribution in [2.24, 2.45) is 0 Å². The molecule has 112 valence electrons. The normalized spacial score (nSPS) is 10.6.